The van der Waals surface area contributed by atoms with Gasteiger partial charge in [0.2, 0.25) is 0 Å². The van der Waals surface area contributed by atoms with Crippen molar-refractivity contribution < 1.29 is 17.9 Å². The fraction of sp³-hybridized carbons (Fsp3) is 0.0833. The van der Waals surface area contributed by atoms with E-state index in [1.165, 1.54) is 23.5 Å². The molecule has 4 aromatic rings. The molecule has 1 aromatic heterocycles. The van der Waals surface area contributed by atoms with Crippen molar-refractivity contribution in [3.63, 3.8) is 0 Å². The molecule has 1 heterocycles. The number of amides is 1. The van der Waals surface area contributed by atoms with Crippen molar-refractivity contribution in [2.24, 2.45) is 5.10 Å². The molecule has 0 bridgehead atoms. The Morgan fingerprint density at radius 3 is 2.55 bits per heavy atom. The monoisotopic (exact) mass is 525 g/mol. The van der Waals surface area contributed by atoms with Gasteiger partial charge in [0, 0.05) is 21.6 Å². The Kier molecular flexibility index (Phi) is 6.35. The van der Waals surface area contributed by atoms with Crippen LogP contribution in [0.2, 0.25) is 0 Å². The summed E-state index contributed by atoms with van der Waals surface area (Å²) in [4.78, 5) is 12.8. The van der Waals surface area contributed by atoms with E-state index in [9.17, 15) is 13.2 Å². The van der Waals surface area contributed by atoms with Crippen molar-refractivity contribution >= 4 is 49.0 Å². The number of fused-ring (bicyclic) bond motifs is 1. The number of hydrogen-bond donors (Lipinski definition) is 1. The molecule has 0 aliphatic heterocycles. The van der Waals surface area contributed by atoms with Crippen LogP contribution in [0.5, 0.6) is 5.75 Å². The number of rotatable bonds is 6. The van der Waals surface area contributed by atoms with E-state index in [1.807, 2.05) is 13.0 Å². The highest BCUT2D eigenvalue weighted by Crippen LogP contribution is 2.26. The molecule has 3 aromatic carbocycles. The highest BCUT2D eigenvalue weighted by atomic mass is 79.9. The smallest absolute Gasteiger partial charge is 0.275 e. The van der Waals surface area contributed by atoms with Gasteiger partial charge in [-0.25, -0.2) is 17.8 Å². The van der Waals surface area contributed by atoms with Gasteiger partial charge in [-0.3, -0.25) is 4.79 Å². The first-order valence-electron chi connectivity index (χ1n) is 9.90. The normalized spacial score (nSPS) is 11.7. The maximum atomic E-state index is 13.3. The van der Waals surface area contributed by atoms with Crippen LogP contribution in [0.4, 0.5) is 0 Å². The van der Waals surface area contributed by atoms with Gasteiger partial charge in [-0.1, -0.05) is 51.8 Å². The Morgan fingerprint density at radius 1 is 1.09 bits per heavy atom. The average Bonchev–Trinajstić information content (AvgIpc) is 3.19. The Balaban J connectivity index is 1.67. The molecule has 7 nitrogen and oxygen atoms in total. The molecule has 0 fully saturated rings. The van der Waals surface area contributed by atoms with Crippen LogP contribution >= 0.6 is 15.9 Å². The molecule has 0 aliphatic carbocycles. The van der Waals surface area contributed by atoms with Crippen molar-refractivity contribution in [1.29, 1.82) is 0 Å². The first-order valence-corrected chi connectivity index (χ1v) is 12.1. The summed E-state index contributed by atoms with van der Waals surface area (Å²) in [5.74, 6) is -0.0490. The molecule has 0 unspecified atom stereocenters. The van der Waals surface area contributed by atoms with Crippen LogP contribution in [0.25, 0.3) is 10.9 Å². The minimum Gasteiger partial charge on any atom is -0.496 e. The summed E-state index contributed by atoms with van der Waals surface area (Å²) in [6, 6.07) is 18.9. The molecular formula is C24H20BrN3O4S. The number of aromatic nitrogens is 1. The summed E-state index contributed by atoms with van der Waals surface area (Å²) in [5, 5.41) is 4.74. The molecule has 168 valence electrons. The highest BCUT2D eigenvalue weighted by Gasteiger charge is 2.20. The second-order valence-corrected chi connectivity index (χ2v) is 9.99. The third-order valence-corrected chi connectivity index (χ3v) is 7.24. The Labute approximate surface area is 199 Å². The zero-order valence-electron chi connectivity index (χ0n) is 17.8. The number of methoxy groups -OCH3 is 1. The summed E-state index contributed by atoms with van der Waals surface area (Å²) in [6.45, 7) is 1.90. The molecule has 0 spiro atoms. The Morgan fingerprint density at radius 2 is 1.82 bits per heavy atom. The summed E-state index contributed by atoms with van der Waals surface area (Å²) < 4.78 is 33.7. The van der Waals surface area contributed by atoms with E-state index in [4.69, 9.17) is 4.74 Å². The molecular weight excluding hydrogens is 506 g/mol. The van der Waals surface area contributed by atoms with Gasteiger partial charge in [0.05, 0.1) is 29.3 Å². The SMILES string of the molecule is COc1ccc(Br)cc1C(=O)N/N=C/c1cn(S(=O)(=O)c2ccc(C)cc2)c2ccccc12. The first kappa shape index (κ1) is 22.8. The lowest BCUT2D eigenvalue weighted by Crippen LogP contribution is -2.18. The zero-order valence-corrected chi connectivity index (χ0v) is 20.2. The van der Waals surface area contributed by atoms with Crippen LogP contribution in [0.15, 0.2) is 87.4 Å². The number of hydrazone groups is 1. The molecule has 1 amide bonds. The number of nitrogens with one attached hydrogen (secondary N) is 1. The largest absolute Gasteiger partial charge is 0.496 e. The van der Waals surface area contributed by atoms with E-state index >= 15 is 0 Å². The van der Waals surface area contributed by atoms with Gasteiger partial charge in [0.15, 0.2) is 0 Å². The first-order chi connectivity index (χ1) is 15.8. The number of ether oxygens (including phenoxy) is 1. The van der Waals surface area contributed by atoms with Gasteiger partial charge in [-0.15, -0.1) is 0 Å². The van der Waals surface area contributed by atoms with E-state index in [0.717, 1.165) is 10.0 Å². The van der Waals surface area contributed by atoms with Crippen molar-refractivity contribution in [1.82, 2.24) is 9.40 Å². The number of benzene rings is 3. The average molecular weight is 526 g/mol. The second kappa shape index (κ2) is 9.21. The minimum absolute atomic E-state index is 0.187. The summed E-state index contributed by atoms with van der Waals surface area (Å²) in [7, 11) is -2.33. The zero-order chi connectivity index (χ0) is 23.6. The number of halogens is 1. The standard InChI is InChI=1S/C24H20BrN3O4S/c1-16-7-10-19(11-8-16)33(30,31)28-15-17(20-5-3-4-6-22(20)28)14-26-27-24(29)21-13-18(25)9-12-23(21)32-2/h3-15H,1-2H3,(H,27,29)/b26-14+. The summed E-state index contributed by atoms with van der Waals surface area (Å²) in [6.07, 6.45) is 2.92. The molecule has 0 saturated heterocycles. The third kappa shape index (κ3) is 4.55. The van der Waals surface area contributed by atoms with Crippen molar-refractivity contribution in [2.75, 3.05) is 7.11 Å². The maximum Gasteiger partial charge on any atom is 0.275 e. The lowest BCUT2D eigenvalue weighted by atomic mass is 10.2. The molecule has 0 atom stereocenters. The minimum atomic E-state index is -3.81. The molecule has 4 rings (SSSR count). The van der Waals surface area contributed by atoms with E-state index in [1.54, 1.807) is 60.7 Å². The number of aryl methyl sites for hydroxylation is 1. The van der Waals surface area contributed by atoms with Crippen LogP contribution in [0.3, 0.4) is 0 Å². The van der Waals surface area contributed by atoms with Crippen molar-refractivity contribution in [3.05, 3.63) is 94.1 Å². The number of hydrogen-bond acceptors (Lipinski definition) is 5. The second-order valence-electron chi connectivity index (χ2n) is 7.26. The lowest BCUT2D eigenvalue weighted by Gasteiger charge is -2.07. The van der Waals surface area contributed by atoms with E-state index < -0.39 is 15.9 Å². The maximum absolute atomic E-state index is 13.3. The topological polar surface area (TPSA) is 89.8 Å². The quantitative estimate of drug-likeness (QED) is 0.291. The van der Waals surface area contributed by atoms with Gasteiger partial charge in [-0.2, -0.15) is 5.10 Å². The van der Waals surface area contributed by atoms with Gasteiger partial charge >= 0.3 is 0 Å². The molecule has 0 saturated carbocycles. The third-order valence-electron chi connectivity index (χ3n) is 5.06. The summed E-state index contributed by atoms with van der Waals surface area (Å²) in [5.41, 5.74) is 4.81. The van der Waals surface area contributed by atoms with Crippen LogP contribution in [0, 0.1) is 6.92 Å². The van der Waals surface area contributed by atoms with E-state index in [0.29, 0.717) is 27.8 Å². The van der Waals surface area contributed by atoms with Crippen LogP contribution in [-0.2, 0) is 10.0 Å². The van der Waals surface area contributed by atoms with Gasteiger partial charge in [-0.05, 0) is 43.3 Å². The molecule has 33 heavy (non-hydrogen) atoms. The van der Waals surface area contributed by atoms with Crippen molar-refractivity contribution in [3.8, 4) is 5.75 Å². The van der Waals surface area contributed by atoms with Crippen LogP contribution in [-0.4, -0.2) is 31.6 Å². The van der Waals surface area contributed by atoms with Gasteiger partial charge in [0.1, 0.15) is 5.75 Å². The number of para-hydroxylation sites is 1. The van der Waals surface area contributed by atoms with Crippen molar-refractivity contribution in [2.45, 2.75) is 11.8 Å². The van der Waals surface area contributed by atoms with Gasteiger partial charge < -0.3 is 4.74 Å². The fourth-order valence-corrected chi connectivity index (χ4v) is 5.12. The number of carbonyl (C=O) groups is 1. The fourth-order valence-electron chi connectivity index (χ4n) is 3.38. The van der Waals surface area contributed by atoms with Crippen LogP contribution < -0.4 is 10.2 Å². The summed E-state index contributed by atoms with van der Waals surface area (Å²) >= 11 is 3.34. The van der Waals surface area contributed by atoms with Gasteiger partial charge in [0.25, 0.3) is 15.9 Å². The van der Waals surface area contributed by atoms with E-state index in [2.05, 4.69) is 26.5 Å². The van der Waals surface area contributed by atoms with E-state index in [-0.39, 0.29) is 4.90 Å². The molecule has 0 radical (unpaired) electrons. The molecule has 9 heteroatoms. The number of carbonyl (C=O) groups excluding carboxylic acids is 1. The Hall–Kier alpha value is -3.43. The predicted octanol–water partition coefficient (Wildman–Crippen LogP) is 4.72. The number of nitrogens with zero attached hydrogens (tertiary/aromatic N) is 2. The predicted molar refractivity (Wildman–Crippen MR) is 131 cm³/mol. The Bertz CT molecular complexity index is 1480. The highest BCUT2D eigenvalue weighted by molar-refractivity contribution is 9.10. The molecule has 0 aliphatic rings. The molecule has 1 N–H and O–H groups in total. The van der Waals surface area contributed by atoms with Crippen LogP contribution in [0.1, 0.15) is 21.5 Å². The lowest BCUT2D eigenvalue weighted by molar-refractivity contribution is 0.0952.